The standard InChI is InChI=1S/C28H22FN5O/c1-28(2)27(34-15-22(32-33-34)16-11-13-17(29)14-12-16)23-25-24(30-20-9-5-6-10-21(20)31-25)18-7-3-4-8-19(18)26(23)35-28/h3-15,23,26-27H,1-2H3. The molecule has 172 valence electrons. The number of halogens is 1. The molecule has 5 aromatic rings. The molecule has 1 fully saturated rings. The average Bonchev–Trinajstić information content (AvgIpc) is 3.45. The predicted molar refractivity (Wildman–Crippen MR) is 130 cm³/mol. The Morgan fingerprint density at radius 2 is 1.60 bits per heavy atom. The zero-order valence-corrected chi connectivity index (χ0v) is 19.3. The molecule has 3 heterocycles. The van der Waals surface area contributed by atoms with Crippen molar-refractivity contribution in [1.29, 1.82) is 0 Å². The smallest absolute Gasteiger partial charge is 0.123 e. The van der Waals surface area contributed by atoms with Crippen molar-refractivity contribution in [3.05, 3.63) is 96.1 Å². The van der Waals surface area contributed by atoms with Crippen molar-refractivity contribution in [2.45, 2.75) is 37.5 Å². The van der Waals surface area contributed by atoms with Gasteiger partial charge in [-0.05, 0) is 55.8 Å². The van der Waals surface area contributed by atoms with E-state index in [1.54, 1.807) is 12.1 Å². The van der Waals surface area contributed by atoms with E-state index in [0.29, 0.717) is 5.69 Å². The monoisotopic (exact) mass is 463 g/mol. The van der Waals surface area contributed by atoms with Crippen molar-refractivity contribution in [3.8, 4) is 22.5 Å². The highest BCUT2D eigenvalue weighted by molar-refractivity contribution is 5.81. The van der Waals surface area contributed by atoms with Crippen molar-refractivity contribution >= 4 is 11.0 Å². The van der Waals surface area contributed by atoms with Gasteiger partial charge in [0.2, 0.25) is 0 Å². The zero-order valence-electron chi connectivity index (χ0n) is 19.3. The molecule has 7 heteroatoms. The van der Waals surface area contributed by atoms with E-state index >= 15 is 0 Å². The van der Waals surface area contributed by atoms with Gasteiger partial charge in [-0.2, -0.15) is 0 Å². The van der Waals surface area contributed by atoms with Crippen LogP contribution in [0.15, 0.2) is 79.0 Å². The second kappa shape index (κ2) is 7.26. The largest absolute Gasteiger partial charge is 0.365 e. The van der Waals surface area contributed by atoms with E-state index in [0.717, 1.165) is 39.1 Å². The summed E-state index contributed by atoms with van der Waals surface area (Å²) < 4.78 is 22.1. The lowest BCUT2D eigenvalue weighted by molar-refractivity contribution is -0.0328. The van der Waals surface area contributed by atoms with Crippen molar-refractivity contribution in [2.24, 2.45) is 0 Å². The highest BCUT2D eigenvalue weighted by atomic mass is 19.1. The van der Waals surface area contributed by atoms with Crippen LogP contribution in [0.3, 0.4) is 0 Å². The SMILES string of the molecule is CC1(C)OC2c3ccccc3-c3nc4ccccc4nc3C2C1n1cc(-c2ccc(F)cc2)nn1. The lowest BCUT2D eigenvalue weighted by Gasteiger charge is -2.31. The quantitative estimate of drug-likeness (QED) is 0.327. The van der Waals surface area contributed by atoms with Gasteiger partial charge in [0, 0.05) is 11.1 Å². The Balaban J connectivity index is 1.42. The molecular weight excluding hydrogens is 441 g/mol. The molecule has 1 saturated heterocycles. The van der Waals surface area contributed by atoms with E-state index < -0.39 is 5.60 Å². The lowest BCUT2D eigenvalue weighted by Crippen LogP contribution is -2.33. The molecule has 0 spiro atoms. The minimum Gasteiger partial charge on any atom is -0.365 e. The van der Waals surface area contributed by atoms with Gasteiger partial charge in [0.1, 0.15) is 11.5 Å². The molecule has 35 heavy (non-hydrogen) atoms. The van der Waals surface area contributed by atoms with E-state index in [1.165, 1.54) is 12.1 Å². The number of benzene rings is 3. The first-order valence-electron chi connectivity index (χ1n) is 11.7. The second-order valence-electron chi connectivity index (χ2n) is 9.74. The number of aromatic nitrogens is 5. The Bertz CT molecular complexity index is 1590. The van der Waals surface area contributed by atoms with Gasteiger partial charge in [-0.25, -0.2) is 19.0 Å². The molecule has 7 rings (SSSR count). The first-order chi connectivity index (χ1) is 17.0. The van der Waals surface area contributed by atoms with Crippen molar-refractivity contribution in [1.82, 2.24) is 25.0 Å². The summed E-state index contributed by atoms with van der Waals surface area (Å²) in [4.78, 5) is 10.2. The summed E-state index contributed by atoms with van der Waals surface area (Å²) in [6.45, 7) is 4.18. The van der Waals surface area contributed by atoms with Gasteiger partial charge in [0.25, 0.3) is 0 Å². The summed E-state index contributed by atoms with van der Waals surface area (Å²) in [7, 11) is 0. The van der Waals surface area contributed by atoms with Crippen molar-refractivity contribution in [2.75, 3.05) is 0 Å². The summed E-state index contributed by atoms with van der Waals surface area (Å²) in [5.41, 5.74) is 6.66. The number of nitrogens with zero attached hydrogens (tertiary/aromatic N) is 5. The molecule has 3 aromatic carbocycles. The zero-order chi connectivity index (χ0) is 23.7. The van der Waals surface area contributed by atoms with Crippen LogP contribution in [0.2, 0.25) is 0 Å². The lowest BCUT2D eigenvalue weighted by atomic mass is 9.77. The number of ether oxygens (including phenoxy) is 1. The molecule has 0 saturated carbocycles. The highest BCUT2D eigenvalue weighted by Crippen LogP contribution is 2.60. The maximum Gasteiger partial charge on any atom is 0.123 e. The molecule has 0 N–H and O–H groups in total. The van der Waals surface area contributed by atoms with Crippen LogP contribution in [0.25, 0.3) is 33.5 Å². The molecule has 0 bridgehead atoms. The number of rotatable bonds is 2. The first-order valence-corrected chi connectivity index (χ1v) is 11.7. The van der Waals surface area contributed by atoms with Crippen molar-refractivity contribution < 1.29 is 9.13 Å². The minimum atomic E-state index is -0.550. The Morgan fingerprint density at radius 3 is 2.40 bits per heavy atom. The van der Waals surface area contributed by atoms with Gasteiger partial charge in [-0.15, -0.1) is 5.10 Å². The second-order valence-corrected chi connectivity index (χ2v) is 9.74. The normalized spacial score (nSPS) is 22.0. The van der Waals surface area contributed by atoms with E-state index in [2.05, 4.69) is 36.3 Å². The molecule has 0 radical (unpaired) electrons. The van der Waals surface area contributed by atoms with Crippen LogP contribution in [-0.4, -0.2) is 30.6 Å². The summed E-state index contributed by atoms with van der Waals surface area (Å²) in [5, 5.41) is 8.93. The molecule has 3 atom stereocenters. The maximum absolute atomic E-state index is 13.4. The van der Waals surface area contributed by atoms with Gasteiger partial charge in [0.15, 0.2) is 0 Å². The van der Waals surface area contributed by atoms with Gasteiger partial charge in [-0.1, -0.05) is 41.6 Å². The molecule has 1 aliphatic heterocycles. The average molecular weight is 464 g/mol. The Labute approximate surface area is 201 Å². The van der Waals surface area contributed by atoms with E-state index in [4.69, 9.17) is 14.7 Å². The molecule has 6 nitrogen and oxygen atoms in total. The molecule has 2 aromatic heterocycles. The van der Waals surface area contributed by atoms with Crippen LogP contribution >= 0.6 is 0 Å². The fourth-order valence-corrected chi connectivity index (χ4v) is 5.67. The third kappa shape index (κ3) is 3.04. The minimum absolute atomic E-state index is 0.102. The van der Waals surface area contributed by atoms with Crippen molar-refractivity contribution in [3.63, 3.8) is 0 Å². The van der Waals surface area contributed by atoms with Gasteiger partial charge < -0.3 is 4.74 Å². The van der Waals surface area contributed by atoms with Crippen LogP contribution in [0.4, 0.5) is 4.39 Å². The molecule has 1 aliphatic carbocycles. The number of para-hydroxylation sites is 2. The number of hydrogen-bond acceptors (Lipinski definition) is 5. The van der Waals surface area contributed by atoms with Crippen LogP contribution in [-0.2, 0) is 4.74 Å². The fraction of sp³-hybridized carbons (Fsp3) is 0.214. The van der Waals surface area contributed by atoms with Crippen LogP contribution < -0.4 is 0 Å². The van der Waals surface area contributed by atoms with E-state index in [-0.39, 0.29) is 23.9 Å². The van der Waals surface area contributed by atoms with Crippen LogP contribution in [0.5, 0.6) is 0 Å². The summed E-state index contributed by atoms with van der Waals surface area (Å²) in [6, 6.07) is 22.4. The third-order valence-corrected chi connectivity index (χ3v) is 7.18. The molecule has 2 aliphatic rings. The predicted octanol–water partition coefficient (Wildman–Crippen LogP) is 5.88. The summed E-state index contributed by atoms with van der Waals surface area (Å²) in [5.74, 6) is -0.382. The van der Waals surface area contributed by atoms with Crippen LogP contribution in [0.1, 0.15) is 43.2 Å². The Kier molecular flexibility index (Phi) is 4.23. The van der Waals surface area contributed by atoms with E-state index in [1.807, 2.05) is 47.3 Å². The fourth-order valence-electron chi connectivity index (χ4n) is 5.67. The topological polar surface area (TPSA) is 65.7 Å². The molecule has 3 unspecified atom stereocenters. The summed E-state index contributed by atoms with van der Waals surface area (Å²) in [6.07, 6.45) is 1.73. The maximum atomic E-state index is 13.4. The third-order valence-electron chi connectivity index (χ3n) is 7.18. The van der Waals surface area contributed by atoms with Gasteiger partial charge in [-0.3, -0.25) is 0 Å². The number of hydrogen-bond donors (Lipinski definition) is 0. The Hall–Kier alpha value is -3.97. The van der Waals surface area contributed by atoms with Gasteiger partial charge in [0.05, 0.1) is 52.3 Å². The summed E-state index contributed by atoms with van der Waals surface area (Å²) >= 11 is 0. The van der Waals surface area contributed by atoms with Crippen LogP contribution in [0, 0.1) is 5.82 Å². The van der Waals surface area contributed by atoms with Gasteiger partial charge >= 0.3 is 0 Å². The molecule has 0 amide bonds. The van der Waals surface area contributed by atoms with E-state index in [9.17, 15) is 4.39 Å². The molecular formula is C28H22FN5O. The highest BCUT2D eigenvalue weighted by Gasteiger charge is 2.56. The number of fused-ring (bicyclic) bond motifs is 7. The Morgan fingerprint density at radius 1 is 0.886 bits per heavy atom. The first kappa shape index (κ1) is 20.4.